The SMILES string of the molecule is CC(C)CCn1cc(C(N)=Nc2ccc(NS(C)(=O)=O)cc2S)c2cc(Br)ccc21. The van der Waals surface area contributed by atoms with Crippen molar-refractivity contribution in [3.8, 4) is 0 Å². The van der Waals surface area contributed by atoms with Gasteiger partial charge in [-0.15, -0.1) is 12.6 Å². The van der Waals surface area contributed by atoms with Gasteiger partial charge in [-0.25, -0.2) is 13.4 Å². The summed E-state index contributed by atoms with van der Waals surface area (Å²) >= 11 is 7.98. The van der Waals surface area contributed by atoms with E-state index in [1.807, 2.05) is 18.3 Å². The molecule has 0 aliphatic carbocycles. The van der Waals surface area contributed by atoms with Crippen LogP contribution in [0.4, 0.5) is 11.4 Å². The minimum atomic E-state index is -3.36. The smallest absolute Gasteiger partial charge is 0.229 e. The molecule has 9 heteroatoms. The number of aliphatic imine (C=N–C) groups is 1. The van der Waals surface area contributed by atoms with Gasteiger partial charge in [0.2, 0.25) is 10.0 Å². The monoisotopic (exact) mass is 508 g/mol. The first kappa shape index (κ1) is 22.7. The average molecular weight is 509 g/mol. The Morgan fingerprint density at radius 1 is 1.27 bits per heavy atom. The third-order valence-electron chi connectivity index (χ3n) is 4.59. The third kappa shape index (κ3) is 5.59. The van der Waals surface area contributed by atoms with Crippen molar-refractivity contribution in [3.63, 3.8) is 0 Å². The van der Waals surface area contributed by atoms with Crippen LogP contribution in [0.25, 0.3) is 10.9 Å². The number of aromatic nitrogens is 1. The molecule has 3 N–H and O–H groups in total. The maximum atomic E-state index is 11.4. The highest BCUT2D eigenvalue weighted by molar-refractivity contribution is 9.10. The number of nitrogens with one attached hydrogen (secondary N) is 1. The van der Waals surface area contributed by atoms with Crippen LogP contribution in [0, 0.1) is 5.92 Å². The fraction of sp³-hybridized carbons (Fsp3) is 0.286. The van der Waals surface area contributed by atoms with Crippen LogP contribution in [0.2, 0.25) is 0 Å². The molecule has 6 nitrogen and oxygen atoms in total. The van der Waals surface area contributed by atoms with Gasteiger partial charge in [-0.05, 0) is 48.7 Å². The van der Waals surface area contributed by atoms with E-state index in [-0.39, 0.29) is 0 Å². The van der Waals surface area contributed by atoms with Crippen LogP contribution < -0.4 is 10.5 Å². The van der Waals surface area contributed by atoms with E-state index in [2.05, 4.69) is 62.8 Å². The quantitative estimate of drug-likeness (QED) is 0.234. The van der Waals surface area contributed by atoms with Crippen LogP contribution in [-0.4, -0.2) is 25.1 Å². The van der Waals surface area contributed by atoms with Crippen molar-refractivity contribution in [1.29, 1.82) is 0 Å². The lowest BCUT2D eigenvalue weighted by Gasteiger charge is -2.07. The molecular formula is C21H25BrN4O2S2. The maximum Gasteiger partial charge on any atom is 0.229 e. The van der Waals surface area contributed by atoms with Gasteiger partial charge in [0, 0.05) is 44.3 Å². The van der Waals surface area contributed by atoms with Gasteiger partial charge < -0.3 is 10.3 Å². The van der Waals surface area contributed by atoms with Crippen molar-refractivity contribution in [2.45, 2.75) is 31.7 Å². The van der Waals surface area contributed by atoms with Crippen molar-refractivity contribution >= 4 is 66.7 Å². The Hall–Kier alpha value is -1.97. The van der Waals surface area contributed by atoms with Crippen LogP contribution in [0.15, 0.2) is 57.0 Å². The van der Waals surface area contributed by atoms with Gasteiger partial charge in [-0.2, -0.15) is 0 Å². The lowest BCUT2D eigenvalue weighted by atomic mass is 10.1. The van der Waals surface area contributed by atoms with E-state index < -0.39 is 10.0 Å². The molecule has 0 unspecified atom stereocenters. The van der Waals surface area contributed by atoms with Crippen molar-refractivity contribution in [3.05, 3.63) is 52.6 Å². The zero-order valence-electron chi connectivity index (χ0n) is 17.1. The van der Waals surface area contributed by atoms with Crippen LogP contribution in [0.1, 0.15) is 25.8 Å². The first-order valence-electron chi connectivity index (χ1n) is 9.47. The number of benzene rings is 2. The second-order valence-electron chi connectivity index (χ2n) is 7.65. The third-order valence-corrected chi connectivity index (χ3v) is 6.04. The summed E-state index contributed by atoms with van der Waals surface area (Å²) in [6.45, 7) is 5.30. The maximum absolute atomic E-state index is 11.4. The van der Waals surface area contributed by atoms with Crippen molar-refractivity contribution < 1.29 is 8.42 Å². The summed E-state index contributed by atoms with van der Waals surface area (Å²) in [5.41, 5.74) is 9.34. The van der Waals surface area contributed by atoms with Crippen molar-refractivity contribution in [2.75, 3.05) is 11.0 Å². The second-order valence-corrected chi connectivity index (χ2v) is 10.8. The molecule has 2 aromatic carbocycles. The number of anilines is 1. The minimum Gasteiger partial charge on any atom is -0.383 e. The zero-order valence-corrected chi connectivity index (χ0v) is 20.4. The number of hydrogen-bond donors (Lipinski definition) is 3. The Balaban J connectivity index is 2.01. The Labute approximate surface area is 191 Å². The highest BCUT2D eigenvalue weighted by atomic mass is 79.9. The van der Waals surface area contributed by atoms with Crippen molar-refractivity contribution in [2.24, 2.45) is 16.6 Å². The molecule has 0 saturated carbocycles. The van der Waals surface area contributed by atoms with Gasteiger partial charge in [0.25, 0.3) is 0 Å². The normalized spacial score (nSPS) is 12.7. The Kier molecular flexibility index (Phi) is 6.84. The predicted octanol–water partition coefficient (Wildman–Crippen LogP) is 5.15. The van der Waals surface area contributed by atoms with Gasteiger partial charge in [0.15, 0.2) is 0 Å². The molecular weight excluding hydrogens is 484 g/mol. The Morgan fingerprint density at radius 3 is 2.63 bits per heavy atom. The van der Waals surface area contributed by atoms with E-state index in [9.17, 15) is 8.42 Å². The molecule has 3 rings (SSSR count). The van der Waals surface area contributed by atoms with Crippen LogP contribution in [-0.2, 0) is 16.6 Å². The summed E-state index contributed by atoms with van der Waals surface area (Å²) < 4.78 is 28.4. The van der Waals surface area contributed by atoms with Crippen LogP contribution in [0.3, 0.4) is 0 Å². The molecule has 0 radical (unpaired) electrons. The lowest BCUT2D eigenvalue weighted by molar-refractivity contribution is 0.524. The number of hydrogen-bond acceptors (Lipinski definition) is 4. The average Bonchev–Trinajstić information content (AvgIpc) is 2.98. The number of fused-ring (bicyclic) bond motifs is 1. The van der Waals surface area contributed by atoms with E-state index in [1.165, 1.54) is 0 Å². The number of halogens is 1. The van der Waals surface area contributed by atoms with E-state index in [0.717, 1.165) is 40.2 Å². The molecule has 0 aliphatic heterocycles. The van der Waals surface area contributed by atoms with E-state index in [0.29, 0.717) is 28.0 Å². The number of rotatable bonds is 7. The predicted molar refractivity (Wildman–Crippen MR) is 132 cm³/mol. The number of sulfonamides is 1. The first-order valence-corrected chi connectivity index (χ1v) is 12.6. The van der Waals surface area contributed by atoms with Crippen LogP contribution >= 0.6 is 28.6 Å². The molecule has 0 spiro atoms. The molecule has 0 amide bonds. The van der Waals surface area contributed by atoms with Gasteiger partial charge in [-0.1, -0.05) is 29.8 Å². The van der Waals surface area contributed by atoms with Gasteiger partial charge in [0.1, 0.15) is 5.84 Å². The molecule has 0 bridgehead atoms. The summed E-state index contributed by atoms with van der Waals surface area (Å²) in [5.74, 6) is 0.971. The second kappa shape index (κ2) is 9.03. The number of aryl methyl sites for hydroxylation is 1. The van der Waals surface area contributed by atoms with Gasteiger partial charge in [-0.3, -0.25) is 4.72 Å². The van der Waals surface area contributed by atoms with E-state index in [4.69, 9.17) is 5.73 Å². The van der Waals surface area contributed by atoms with E-state index in [1.54, 1.807) is 18.2 Å². The molecule has 0 aliphatic rings. The number of nitrogens with zero attached hydrogens (tertiary/aromatic N) is 2. The number of amidine groups is 1. The summed E-state index contributed by atoms with van der Waals surface area (Å²) in [7, 11) is -3.36. The molecule has 1 aromatic heterocycles. The molecule has 0 saturated heterocycles. The summed E-state index contributed by atoms with van der Waals surface area (Å²) in [6.07, 6.45) is 4.20. The Morgan fingerprint density at radius 2 is 2.00 bits per heavy atom. The largest absolute Gasteiger partial charge is 0.383 e. The number of nitrogens with two attached hydrogens (primary N) is 1. The standard InChI is InChI=1S/C21H25BrN4O2S2/c1-13(2)8-9-26-12-17(16-10-14(22)4-7-19(16)26)21(23)24-18-6-5-15(11-20(18)29)25-30(3,27)28/h4-7,10-13,25,29H,8-9H2,1-3H3,(H2,23,24). The molecule has 30 heavy (non-hydrogen) atoms. The minimum absolute atomic E-state index is 0.375. The van der Waals surface area contributed by atoms with Gasteiger partial charge >= 0.3 is 0 Å². The van der Waals surface area contributed by atoms with E-state index >= 15 is 0 Å². The molecule has 0 fully saturated rings. The van der Waals surface area contributed by atoms with Crippen LogP contribution in [0.5, 0.6) is 0 Å². The molecule has 1 heterocycles. The van der Waals surface area contributed by atoms with Crippen molar-refractivity contribution in [1.82, 2.24) is 4.57 Å². The number of thiol groups is 1. The molecule has 0 atom stereocenters. The highest BCUT2D eigenvalue weighted by Gasteiger charge is 2.13. The topological polar surface area (TPSA) is 89.5 Å². The fourth-order valence-corrected chi connectivity index (χ4v) is 4.32. The summed E-state index contributed by atoms with van der Waals surface area (Å²) in [4.78, 5) is 5.09. The molecule has 3 aromatic rings. The zero-order chi connectivity index (χ0) is 22.1. The summed E-state index contributed by atoms with van der Waals surface area (Å²) in [5, 5.41) is 1.02. The molecule has 160 valence electrons. The van der Waals surface area contributed by atoms with Gasteiger partial charge in [0.05, 0.1) is 11.9 Å². The first-order chi connectivity index (χ1) is 14.0. The summed E-state index contributed by atoms with van der Waals surface area (Å²) in [6, 6.07) is 11.1. The lowest BCUT2D eigenvalue weighted by Crippen LogP contribution is -2.12. The fourth-order valence-electron chi connectivity index (χ4n) is 3.14. The Bertz CT molecular complexity index is 1220. The highest BCUT2D eigenvalue weighted by Crippen LogP contribution is 2.30.